The molecule has 0 unspecified atom stereocenters. The predicted octanol–water partition coefficient (Wildman–Crippen LogP) is 4.01. The van der Waals surface area contributed by atoms with Crippen LogP contribution in [0.5, 0.6) is 0 Å². The first-order valence-electron chi connectivity index (χ1n) is 34.0. The maximum atomic E-state index is 14.5. The van der Waals surface area contributed by atoms with E-state index in [2.05, 4.69) is 31.9 Å². The van der Waals surface area contributed by atoms with Gasteiger partial charge in [0, 0.05) is 59.1 Å². The van der Waals surface area contributed by atoms with Crippen molar-refractivity contribution in [1.29, 1.82) is 0 Å². The van der Waals surface area contributed by atoms with Gasteiger partial charge in [0.15, 0.2) is 0 Å². The van der Waals surface area contributed by atoms with Crippen molar-refractivity contribution in [2.75, 3.05) is 106 Å². The Morgan fingerprint density at radius 3 is 1.82 bits per heavy atom. The fourth-order valence-electron chi connectivity index (χ4n) is 12.0. The first-order chi connectivity index (χ1) is 46.1. The molecular weight excluding hydrogens is 1250 g/mol. The van der Waals surface area contributed by atoms with Crippen molar-refractivity contribution in [3.8, 4) is 0 Å². The normalized spacial score (nSPS) is 16.6. The zero-order chi connectivity index (χ0) is 72.3. The third kappa shape index (κ3) is 28.5. The van der Waals surface area contributed by atoms with Crippen LogP contribution in [0.2, 0.25) is 0 Å². The zero-order valence-corrected chi connectivity index (χ0v) is 59.8. The summed E-state index contributed by atoms with van der Waals surface area (Å²) in [6.45, 7) is 21.7. The number of carbonyl (C=O) groups excluding carboxylic acids is 9. The summed E-state index contributed by atoms with van der Waals surface area (Å²) in [4.78, 5) is 128. The summed E-state index contributed by atoms with van der Waals surface area (Å²) < 4.78 is 39.5. The molecule has 1 heterocycles. The van der Waals surface area contributed by atoms with E-state index in [1.807, 2.05) is 50.8 Å². The molecule has 548 valence electrons. The number of anilines is 1. The minimum Gasteiger partial charge on any atom is -0.445 e. The molecule has 28 heteroatoms. The highest BCUT2D eigenvalue weighted by Gasteiger charge is 2.44. The van der Waals surface area contributed by atoms with Gasteiger partial charge >= 0.3 is 12.1 Å². The van der Waals surface area contributed by atoms with E-state index in [0.717, 1.165) is 4.90 Å². The lowest BCUT2D eigenvalue weighted by Crippen LogP contribution is -2.60. The molecule has 10 amide bonds. The van der Waals surface area contributed by atoms with E-state index in [0.29, 0.717) is 88.8 Å². The van der Waals surface area contributed by atoms with Crippen LogP contribution in [0.25, 0.3) is 0 Å². The summed E-state index contributed by atoms with van der Waals surface area (Å²) in [5.74, 6) is -5.46. The van der Waals surface area contributed by atoms with Gasteiger partial charge in [-0.3, -0.25) is 48.7 Å². The molecule has 0 radical (unpaired) electrons. The van der Waals surface area contributed by atoms with Crippen LogP contribution in [0, 0.1) is 29.6 Å². The first-order valence-corrected chi connectivity index (χ1v) is 34.0. The van der Waals surface area contributed by atoms with E-state index in [9.17, 15) is 48.3 Å². The summed E-state index contributed by atoms with van der Waals surface area (Å²) in [5.41, 5.74) is 12.2. The molecule has 12 atom stereocenters. The number of hydrogen-bond donors (Lipinski definition) is 9. The standard InChI is InChI=1S/C69H115N11O17/c1-15-46(8)60(54(91-13)41-56(82)80-32-20-24-53(80)62(92-14)47(9)63(84)73-48(10)61(83)50-21-17-16-18-22-50)78(11)58(44(4)5)66(87)77-67(88)59(45(6)7)79(12)69(90)97-42-49-25-27-51(28-26-49)74-64(85)52(23-19-31-72-68(71)89)75-65(86)57(43(2)3)76-55(81)29-33-93-35-37-95-39-40-96-38-36-94-34-30-70/h16-18,21-22,25-28,43-48,52-54,57-62,83H,15,19-20,23-24,29-42,70H2,1-14H3,(H,73,84)(H,74,85)(H,75,86)(H,76,81)(H3,71,72,89)(H,77,87,88)/t46-,47+,48+,52-,53-,54+,57-,58-,59-,60-,61+,62+/m0/s1. The van der Waals surface area contributed by atoms with Crippen LogP contribution in [0.4, 0.5) is 15.3 Å². The monoisotopic (exact) mass is 1370 g/mol. The van der Waals surface area contributed by atoms with Crippen LogP contribution in [0.15, 0.2) is 54.6 Å². The van der Waals surface area contributed by atoms with E-state index in [4.69, 9.17) is 44.6 Å². The number of methoxy groups -OCH3 is 2. The van der Waals surface area contributed by atoms with Gasteiger partial charge in [0.2, 0.25) is 41.4 Å². The molecule has 11 N–H and O–H groups in total. The Morgan fingerprint density at radius 1 is 0.691 bits per heavy atom. The molecule has 1 aliphatic rings. The van der Waals surface area contributed by atoms with Crippen LogP contribution in [0.1, 0.15) is 131 Å². The molecular formula is C69H115N11O17. The maximum Gasteiger partial charge on any atom is 0.410 e. The second-order valence-electron chi connectivity index (χ2n) is 25.8. The van der Waals surface area contributed by atoms with Gasteiger partial charge in [-0.25, -0.2) is 9.59 Å². The Bertz CT molecular complexity index is 2710. The van der Waals surface area contributed by atoms with Gasteiger partial charge in [0.1, 0.15) is 24.7 Å². The number of carbonyl (C=O) groups is 9. The number of aliphatic hydroxyl groups is 1. The number of urea groups is 1. The number of likely N-dealkylation sites (N-methyl/N-ethyl adjacent to an activating group) is 2. The SMILES string of the molecule is CC[C@H](C)[C@@H]([C@@H](CC(=O)N1CCC[C@H]1[C@H](OC)[C@@H](C)C(=O)N[C@H](C)[C@@H](O)c1ccccc1)OC)N(C)[C@H](C(=O)NC(=O)[C@H](C(C)C)N(C)C(=O)OCc1ccc(NC(=O)[C@H](CCCNC(N)=O)NC(=O)[C@@H](NC(=O)CCOCCOCCOCCOCCN)C(C)C)cc1)C(C)C. The average molecular weight is 1370 g/mol. The molecule has 0 aromatic heterocycles. The van der Waals surface area contributed by atoms with E-state index in [1.165, 1.54) is 21.3 Å². The van der Waals surface area contributed by atoms with Crippen molar-refractivity contribution >= 4 is 59.2 Å². The molecule has 2 aromatic rings. The second kappa shape index (κ2) is 44.9. The van der Waals surface area contributed by atoms with E-state index in [-0.39, 0.29) is 81.6 Å². The lowest BCUT2D eigenvalue weighted by Gasteiger charge is -2.43. The Morgan fingerprint density at radius 2 is 1.28 bits per heavy atom. The average Bonchev–Trinajstić information content (AvgIpc) is 1.76. The van der Waals surface area contributed by atoms with Gasteiger partial charge in [-0.15, -0.1) is 0 Å². The third-order valence-corrected chi connectivity index (χ3v) is 17.4. The highest BCUT2D eigenvalue weighted by Crippen LogP contribution is 2.31. The Balaban J connectivity index is 1.64. The molecule has 1 saturated heterocycles. The van der Waals surface area contributed by atoms with E-state index in [1.54, 1.807) is 89.9 Å². The number of aliphatic hydroxyl groups excluding tert-OH is 1. The van der Waals surface area contributed by atoms with Crippen molar-refractivity contribution in [3.63, 3.8) is 0 Å². The van der Waals surface area contributed by atoms with Crippen LogP contribution >= 0.6 is 0 Å². The largest absolute Gasteiger partial charge is 0.445 e. The van der Waals surface area contributed by atoms with Crippen LogP contribution in [0.3, 0.4) is 0 Å². The smallest absolute Gasteiger partial charge is 0.410 e. The molecule has 97 heavy (non-hydrogen) atoms. The minimum absolute atomic E-state index is 0.0343. The summed E-state index contributed by atoms with van der Waals surface area (Å²) >= 11 is 0. The summed E-state index contributed by atoms with van der Waals surface area (Å²) in [6, 6.07) is 9.02. The number of rotatable bonds is 46. The molecule has 3 rings (SSSR count). The Kier molecular flexibility index (Phi) is 39.0. The molecule has 1 fully saturated rings. The minimum atomic E-state index is -1.15. The lowest BCUT2D eigenvalue weighted by atomic mass is 9.87. The summed E-state index contributed by atoms with van der Waals surface area (Å²) in [5, 5.41) is 27.3. The van der Waals surface area contributed by atoms with Gasteiger partial charge in [-0.05, 0) is 86.6 Å². The molecule has 28 nitrogen and oxygen atoms in total. The summed E-state index contributed by atoms with van der Waals surface area (Å²) in [6.07, 6.45) is -0.929. The van der Waals surface area contributed by atoms with Gasteiger partial charge in [-0.2, -0.15) is 0 Å². The topological polar surface area (TPSA) is 372 Å². The van der Waals surface area contributed by atoms with Crippen molar-refractivity contribution in [1.82, 2.24) is 41.3 Å². The number of nitrogens with one attached hydrogen (secondary N) is 6. The zero-order valence-electron chi connectivity index (χ0n) is 59.8. The number of imide groups is 1. The van der Waals surface area contributed by atoms with Gasteiger partial charge < -0.3 is 81.2 Å². The fraction of sp³-hybridized carbons (Fsp3) is 0.696. The highest BCUT2D eigenvalue weighted by atomic mass is 16.6. The fourth-order valence-corrected chi connectivity index (χ4v) is 12.0. The quantitative estimate of drug-likeness (QED) is 0.0423. The number of primary amides is 1. The highest BCUT2D eigenvalue weighted by molar-refractivity contribution is 6.01. The van der Waals surface area contributed by atoms with Crippen molar-refractivity contribution in [2.45, 2.75) is 181 Å². The second-order valence-corrected chi connectivity index (χ2v) is 25.8. The van der Waals surface area contributed by atoms with Crippen molar-refractivity contribution in [2.24, 2.45) is 41.1 Å². The van der Waals surface area contributed by atoms with Gasteiger partial charge in [-0.1, -0.05) is 111 Å². The first kappa shape index (κ1) is 84.3. The lowest BCUT2D eigenvalue weighted by molar-refractivity contribution is -0.144. The maximum absolute atomic E-state index is 14.5. The number of amides is 10. The third-order valence-electron chi connectivity index (χ3n) is 17.4. The molecule has 0 spiro atoms. The number of nitrogens with zero attached hydrogens (tertiary/aromatic N) is 3. The van der Waals surface area contributed by atoms with Gasteiger partial charge in [0.25, 0.3) is 0 Å². The van der Waals surface area contributed by atoms with E-state index < -0.39 is 114 Å². The Hall–Kier alpha value is -6.89. The summed E-state index contributed by atoms with van der Waals surface area (Å²) in [7, 11) is 6.24. The Labute approximate surface area is 574 Å². The molecule has 2 aromatic carbocycles. The van der Waals surface area contributed by atoms with Crippen molar-refractivity contribution in [3.05, 3.63) is 65.7 Å². The molecule has 0 aliphatic carbocycles. The predicted molar refractivity (Wildman–Crippen MR) is 366 cm³/mol. The van der Waals surface area contributed by atoms with E-state index >= 15 is 0 Å². The molecule has 1 aliphatic heterocycles. The number of likely N-dealkylation sites (tertiary alicyclic amines) is 1. The number of ether oxygens (including phenoxy) is 7. The molecule has 0 saturated carbocycles. The van der Waals surface area contributed by atoms with Crippen molar-refractivity contribution < 1.29 is 81.4 Å². The number of benzene rings is 2. The van der Waals surface area contributed by atoms with Gasteiger partial charge in [0.05, 0.1) is 102 Å². The van der Waals surface area contributed by atoms with Crippen LogP contribution < -0.4 is 43.4 Å². The molecule has 0 bridgehead atoms. The number of hydrogen-bond acceptors (Lipinski definition) is 19. The van der Waals surface area contributed by atoms with Crippen LogP contribution in [-0.4, -0.2) is 229 Å². The van der Waals surface area contributed by atoms with Crippen LogP contribution in [-0.2, 0) is 73.3 Å². The number of nitrogens with two attached hydrogens (primary N) is 2.